The lowest BCUT2D eigenvalue weighted by atomic mass is 9.89. The predicted molar refractivity (Wildman–Crippen MR) is 128 cm³/mol. The van der Waals surface area contributed by atoms with Gasteiger partial charge in [-0.3, -0.25) is 9.69 Å². The first kappa shape index (κ1) is 25.5. The molecule has 0 saturated carbocycles. The van der Waals surface area contributed by atoms with Crippen LogP contribution < -0.4 is 10.6 Å². The van der Waals surface area contributed by atoms with Crippen molar-refractivity contribution in [2.45, 2.75) is 77.5 Å². The third kappa shape index (κ3) is 6.85. The molecule has 2 bridgehead atoms. The monoisotopic (exact) mass is 455 g/mol. The summed E-state index contributed by atoms with van der Waals surface area (Å²) in [6.07, 6.45) is 6.97. The topological polar surface area (TPSA) is 44.4 Å². The number of amides is 1. The first-order chi connectivity index (χ1) is 13.5. The second-order valence-electron chi connectivity index (χ2n) is 9.86. The second-order valence-corrected chi connectivity index (χ2v) is 9.86. The summed E-state index contributed by atoms with van der Waals surface area (Å²) >= 11 is 0. The molecule has 3 saturated heterocycles. The number of nitrogens with one attached hydrogen (secondary N) is 2. The first-order valence-corrected chi connectivity index (χ1v) is 11.4. The van der Waals surface area contributed by atoms with Crippen LogP contribution in [0.3, 0.4) is 0 Å². The average Bonchev–Trinajstić information content (AvgIpc) is 2.98. The van der Waals surface area contributed by atoms with Crippen molar-refractivity contribution in [3.63, 3.8) is 0 Å². The van der Waals surface area contributed by atoms with Gasteiger partial charge >= 0.3 is 0 Å². The molecular formula is C24H39Cl2N3O. The van der Waals surface area contributed by atoms with Crippen LogP contribution in [-0.2, 0) is 17.9 Å². The van der Waals surface area contributed by atoms with Gasteiger partial charge in [0, 0.05) is 44.7 Å². The molecule has 3 aliphatic rings. The Morgan fingerprint density at radius 2 is 1.60 bits per heavy atom. The van der Waals surface area contributed by atoms with Crippen LogP contribution in [0.1, 0.15) is 63.5 Å². The number of nitrogens with zero attached hydrogens (tertiary/aromatic N) is 1. The predicted octanol–water partition coefficient (Wildman–Crippen LogP) is 4.55. The second kappa shape index (κ2) is 11.7. The minimum atomic E-state index is 0. The Labute approximate surface area is 194 Å². The van der Waals surface area contributed by atoms with Crippen LogP contribution in [0.25, 0.3) is 0 Å². The molecule has 1 aromatic carbocycles. The van der Waals surface area contributed by atoms with Gasteiger partial charge in [-0.05, 0) is 61.0 Å². The van der Waals surface area contributed by atoms with E-state index in [1.807, 2.05) is 0 Å². The summed E-state index contributed by atoms with van der Waals surface area (Å²) in [6.45, 7) is 8.75. The Bertz CT molecular complexity index is 664. The number of piperidine rings is 2. The van der Waals surface area contributed by atoms with Crippen molar-refractivity contribution >= 4 is 30.7 Å². The zero-order valence-corrected chi connectivity index (χ0v) is 20.1. The molecule has 4 atom stereocenters. The van der Waals surface area contributed by atoms with Gasteiger partial charge < -0.3 is 10.6 Å². The summed E-state index contributed by atoms with van der Waals surface area (Å²) in [5.74, 6) is 2.33. The fourth-order valence-corrected chi connectivity index (χ4v) is 5.92. The minimum absolute atomic E-state index is 0. The third-order valence-corrected chi connectivity index (χ3v) is 6.98. The summed E-state index contributed by atoms with van der Waals surface area (Å²) in [5, 5.41) is 6.88. The molecule has 3 fully saturated rings. The summed E-state index contributed by atoms with van der Waals surface area (Å²) < 4.78 is 0. The Kier molecular flexibility index (Phi) is 9.93. The van der Waals surface area contributed by atoms with Gasteiger partial charge in [0.1, 0.15) is 0 Å². The van der Waals surface area contributed by atoms with Gasteiger partial charge in [-0.25, -0.2) is 0 Å². The van der Waals surface area contributed by atoms with Crippen LogP contribution in [0.4, 0.5) is 0 Å². The molecule has 170 valence electrons. The molecule has 4 nitrogen and oxygen atoms in total. The minimum Gasteiger partial charge on any atom is -0.352 e. The molecule has 0 aliphatic carbocycles. The van der Waals surface area contributed by atoms with E-state index >= 15 is 0 Å². The molecule has 0 spiro atoms. The highest BCUT2D eigenvalue weighted by Crippen LogP contribution is 2.32. The normalized spacial score (nSPS) is 30.8. The van der Waals surface area contributed by atoms with Crippen molar-refractivity contribution in [2.75, 3.05) is 13.1 Å². The van der Waals surface area contributed by atoms with Crippen molar-refractivity contribution in [1.82, 2.24) is 15.5 Å². The molecule has 4 rings (SSSR count). The van der Waals surface area contributed by atoms with Crippen molar-refractivity contribution in [2.24, 2.45) is 17.8 Å². The molecule has 1 amide bonds. The van der Waals surface area contributed by atoms with Crippen LogP contribution in [0.2, 0.25) is 0 Å². The number of halogens is 2. The number of benzene rings is 1. The van der Waals surface area contributed by atoms with E-state index in [1.165, 1.54) is 56.3 Å². The van der Waals surface area contributed by atoms with Crippen LogP contribution >= 0.6 is 24.8 Å². The van der Waals surface area contributed by atoms with E-state index in [0.717, 1.165) is 18.4 Å². The fraction of sp³-hybridized carbons (Fsp3) is 0.708. The lowest BCUT2D eigenvalue weighted by molar-refractivity contribution is -0.122. The summed E-state index contributed by atoms with van der Waals surface area (Å²) in [4.78, 5) is 15.2. The highest BCUT2D eigenvalue weighted by molar-refractivity contribution is 5.85. The van der Waals surface area contributed by atoms with Crippen molar-refractivity contribution < 1.29 is 4.79 Å². The van der Waals surface area contributed by atoms with Crippen molar-refractivity contribution in [3.05, 3.63) is 35.4 Å². The van der Waals surface area contributed by atoms with E-state index < -0.39 is 0 Å². The van der Waals surface area contributed by atoms with E-state index in [9.17, 15) is 4.79 Å². The zero-order valence-electron chi connectivity index (χ0n) is 18.4. The molecule has 3 aliphatic heterocycles. The Balaban J connectivity index is 0.00000160. The third-order valence-electron chi connectivity index (χ3n) is 6.98. The van der Waals surface area contributed by atoms with Gasteiger partial charge in [-0.1, -0.05) is 38.1 Å². The number of likely N-dealkylation sites (tertiary alicyclic amines) is 1. The van der Waals surface area contributed by atoms with E-state index in [0.29, 0.717) is 31.0 Å². The maximum Gasteiger partial charge on any atom is 0.220 e. The standard InChI is InChI=1S/C24H37N3O.2ClH/c1-17-9-18(2)15-27(14-17)16-21-6-4-3-5-20(21)13-25-24(28)12-19-10-22-7-8-23(11-19)26-22;;/h3-6,17-19,22-23,26H,7-16H2,1-2H3,(H,25,28);2*1H. The largest absolute Gasteiger partial charge is 0.352 e. The van der Waals surface area contributed by atoms with E-state index in [4.69, 9.17) is 0 Å². The summed E-state index contributed by atoms with van der Waals surface area (Å²) in [7, 11) is 0. The smallest absolute Gasteiger partial charge is 0.220 e. The van der Waals surface area contributed by atoms with Gasteiger partial charge in [0.15, 0.2) is 0 Å². The lowest BCUT2D eigenvalue weighted by Gasteiger charge is -2.35. The van der Waals surface area contributed by atoms with Gasteiger partial charge in [0.05, 0.1) is 0 Å². The van der Waals surface area contributed by atoms with Gasteiger partial charge in [-0.2, -0.15) is 0 Å². The Morgan fingerprint density at radius 1 is 1.00 bits per heavy atom. The molecule has 3 heterocycles. The first-order valence-electron chi connectivity index (χ1n) is 11.4. The number of hydrogen-bond acceptors (Lipinski definition) is 3. The van der Waals surface area contributed by atoms with Crippen LogP contribution in [0.5, 0.6) is 0 Å². The highest BCUT2D eigenvalue weighted by atomic mass is 35.5. The Morgan fingerprint density at radius 3 is 2.23 bits per heavy atom. The van der Waals surface area contributed by atoms with Crippen molar-refractivity contribution in [3.8, 4) is 0 Å². The summed E-state index contributed by atoms with van der Waals surface area (Å²) in [5.41, 5.74) is 2.64. The highest BCUT2D eigenvalue weighted by Gasteiger charge is 2.34. The summed E-state index contributed by atoms with van der Waals surface area (Å²) in [6, 6.07) is 9.95. The number of carbonyl (C=O) groups is 1. The zero-order chi connectivity index (χ0) is 19.5. The van der Waals surface area contributed by atoms with Crippen molar-refractivity contribution in [1.29, 1.82) is 0 Å². The number of hydrogen-bond donors (Lipinski definition) is 2. The van der Waals surface area contributed by atoms with E-state index in [2.05, 4.69) is 53.6 Å². The lowest BCUT2D eigenvalue weighted by Crippen LogP contribution is -2.39. The number of fused-ring (bicyclic) bond motifs is 2. The molecular weight excluding hydrogens is 417 g/mol. The SMILES string of the molecule is CC1CC(C)CN(Cc2ccccc2CNC(=O)CC2CC3CCC(C2)N3)C1.Cl.Cl. The number of carbonyl (C=O) groups excluding carboxylic acids is 1. The molecule has 2 N–H and O–H groups in total. The fourth-order valence-electron chi connectivity index (χ4n) is 5.92. The molecule has 0 aromatic heterocycles. The van der Waals surface area contributed by atoms with Gasteiger partial charge in [0.25, 0.3) is 0 Å². The Hall–Kier alpha value is -0.810. The number of rotatable bonds is 6. The van der Waals surface area contributed by atoms with Gasteiger partial charge in [-0.15, -0.1) is 24.8 Å². The van der Waals surface area contributed by atoms with Crippen LogP contribution in [0, 0.1) is 17.8 Å². The van der Waals surface area contributed by atoms with Gasteiger partial charge in [0.2, 0.25) is 5.91 Å². The molecule has 30 heavy (non-hydrogen) atoms. The van der Waals surface area contributed by atoms with E-state index in [-0.39, 0.29) is 30.7 Å². The molecule has 6 heteroatoms. The molecule has 4 unspecified atom stereocenters. The van der Waals surface area contributed by atoms with E-state index in [1.54, 1.807) is 0 Å². The van der Waals surface area contributed by atoms with Crippen LogP contribution in [0.15, 0.2) is 24.3 Å². The van der Waals surface area contributed by atoms with Crippen LogP contribution in [-0.4, -0.2) is 36.0 Å². The maximum absolute atomic E-state index is 12.6. The maximum atomic E-state index is 12.6. The quantitative estimate of drug-likeness (QED) is 0.661. The molecule has 1 aromatic rings. The molecule has 0 radical (unpaired) electrons. The average molecular weight is 457 g/mol.